The number of benzene rings is 1. The van der Waals surface area contributed by atoms with Crippen LogP contribution in [0.5, 0.6) is 0 Å². The van der Waals surface area contributed by atoms with Gasteiger partial charge in [-0.15, -0.1) is 0 Å². The highest BCUT2D eigenvalue weighted by Gasteiger charge is 2.20. The van der Waals surface area contributed by atoms with Gasteiger partial charge in [0.05, 0.1) is 0 Å². The van der Waals surface area contributed by atoms with E-state index in [2.05, 4.69) is 44.0 Å². The number of nitrogens with zero attached hydrogens (tertiary/aromatic N) is 1. The average Bonchev–Trinajstić information content (AvgIpc) is 2.90. The molecular weight excluding hydrogens is 248 g/mol. The minimum Gasteiger partial charge on any atom is -0.351 e. The number of amides is 1. The molecule has 0 radical (unpaired) electrons. The van der Waals surface area contributed by atoms with E-state index in [0.29, 0.717) is 5.69 Å². The lowest BCUT2D eigenvalue weighted by Crippen LogP contribution is -2.38. The fourth-order valence-corrected chi connectivity index (χ4v) is 2.54. The Hall–Kier alpha value is -1.77. The third-order valence-electron chi connectivity index (χ3n) is 4.05. The largest absolute Gasteiger partial charge is 0.351 e. The monoisotopic (exact) mass is 272 g/mol. The van der Waals surface area contributed by atoms with Gasteiger partial charge in [0.15, 0.2) is 0 Å². The van der Waals surface area contributed by atoms with Crippen LogP contribution >= 0.6 is 0 Å². The first-order chi connectivity index (χ1) is 9.60. The van der Waals surface area contributed by atoms with Crippen molar-refractivity contribution < 1.29 is 4.79 Å². The Morgan fingerprint density at radius 2 is 2.00 bits per heavy atom. The van der Waals surface area contributed by atoms with Gasteiger partial charge in [-0.25, -0.2) is 0 Å². The van der Waals surface area contributed by atoms with E-state index >= 15 is 0 Å². The molecule has 0 bridgehead atoms. The molecule has 20 heavy (non-hydrogen) atoms. The van der Waals surface area contributed by atoms with Crippen LogP contribution in [0.2, 0.25) is 0 Å². The summed E-state index contributed by atoms with van der Waals surface area (Å²) in [6.45, 7) is 9.11. The van der Waals surface area contributed by atoms with Crippen molar-refractivity contribution in [3.63, 3.8) is 0 Å². The quantitative estimate of drug-likeness (QED) is 0.877. The van der Waals surface area contributed by atoms with E-state index in [9.17, 15) is 4.79 Å². The van der Waals surface area contributed by atoms with E-state index in [1.54, 1.807) is 0 Å². The normalized spacial score (nSPS) is 12.6. The van der Waals surface area contributed by atoms with Gasteiger partial charge in [0.25, 0.3) is 5.91 Å². The Balaban J connectivity index is 2.34. The molecule has 1 N–H and O–H groups in total. The van der Waals surface area contributed by atoms with Crippen molar-refractivity contribution in [1.82, 2.24) is 9.88 Å². The number of hydrogen-bond acceptors (Lipinski definition) is 1. The van der Waals surface area contributed by atoms with Gasteiger partial charge >= 0.3 is 0 Å². The number of carbonyl (C=O) groups excluding carboxylic acids is 1. The smallest absolute Gasteiger partial charge is 0.270 e. The van der Waals surface area contributed by atoms with Crippen LogP contribution in [0.25, 0.3) is 10.9 Å². The maximum Gasteiger partial charge on any atom is 0.270 e. The molecule has 1 atom stereocenters. The highest BCUT2D eigenvalue weighted by atomic mass is 16.2. The topological polar surface area (TPSA) is 36.1 Å². The Morgan fingerprint density at radius 3 is 2.60 bits per heavy atom. The van der Waals surface area contributed by atoms with E-state index in [0.717, 1.165) is 30.3 Å². The SMILES string of the molecule is CCc1ccc2cc(C(=O)N(CC)C(C)CC)[nH]c2c1. The van der Waals surface area contributed by atoms with Gasteiger partial charge in [-0.3, -0.25) is 4.79 Å². The molecule has 1 heterocycles. The van der Waals surface area contributed by atoms with E-state index in [1.165, 1.54) is 5.56 Å². The predicted octanol–water partition coefficient (Wildman–Crippen LogP) is 3.99. The molecular formula is C17H24N2O. The van der Waals surface area contributed by atoms with Crippen LogP contribution in [-0.2, 0) is 6.42 Å². The molecule has 108 valence electrons. The summed E-state index contributed by atoms with van der Waals surface area (Å²) in [6.07, 6.45) is 1.98. The molecule has 1 unspecified atom stereocenters. The number of aromatic nitrogens is 1. The summed E-state index contributed by atoms with van der Waals surface area (Å²) < 4.78 is 0. The van der Waals surface area contributed by atoms with Gasteiger partial charge in [0.1, 0.15) is 5.69 Å². The van der Waals surface area contributed by atoms with Crippen molar-refractivity contribution in [2.24, 2.45) is 0 Å². The number of carbonyl (C=O) groups is 1. The molecule has 2 rings (SSSR count). The van der Waals surface area contributed by atoms with Crippen molar-refractivity contribution >= 4 is 16.8 Å². The molecule has 0 saturated carbocycles. The summed E-state index contributed by atoms with van der Waals surface area (Å²) in [5.41, 5.74) is 3.02. The summed E-state index contributed by atoms with van der Waals surface area (Å²) in [6, 6.07) is 8.57. The lowest BCUT2D eigenvalue weighted by molar-refractivity contribution is 0.0695. The second kappa shape index (κ2) is 6.12. The van der Waals surface area contributed by atoms with Crippen LogP contribution in [0.1, 0.15) is 50.2 Å². The van der Waals surface area contributed by atoms with Crippen LogP contribution in [0.15, 0.2) is 24.3 Å². The zero-order chi connectivity index (χ0) is 14.7. The van der Waals surface area contributed by atoms with Crippen LogP contribution < -0.4 is 0 Å². The lowest BCUT2D eigenvalue weighted by Gasteiger charge is -2.26. The Kier molecular flexibility index (Phi) is 4.48. The highest BCUT2D eigenvalue weighted by Crippen LogP contribution is 2.19. The number of aryl methyl sites for hydroxylation is 1. The second-order valence-electron chi connectivity index (χ2n) is 5.31. The van der Waals surface area contributed by atoms with Crippen molar-refractivity contribution in [2.75, 3.05) is 6.54 Å². The Bertz CT molecular complexity index is 600. The first-order valence-electron chi connectivity index (χ1n) is 7.53. The number of hydrogen-bond donors (Lipinski definition) is 1. The Morgan fingerprint density at radius 1 is 1.25 bits per heavy atom. The third-order valence-corrected chi connectivity index (χ3v) is 4.05. The van der Waals surface area contributed by atoms with Crippen molar-refractivity contribution in [3.8, 4) is 0 Å². The van der Waals surface area contributed by atoms with E-state index in [4.69, 9.17) is 0 Å². The molecule has 0 spiro atoms. The first kappa shape index (κ1) is 14.6. The fourth-order valence-electron chi connectivity index (χ4n) is 2.54. The summed E-state index contributed by atoms with van der Waals surface area (Å²) in [4.78, 5) is 17.8. The van der Waals surface area contributed by atoms with Crippen LogP contribution in [0, 0.1) is 0 Å². The van der Waals surface area contributed by atoms with Crippen LogP contribution in [0.4, 0.5) is 0 Å². The minimum absolute atomic E-state index is 0.0936. The summed E-state index contributed by atoms with van der Waals surface area (Å²) in [5, 5.41) is 1.10. The molecule has 3 heteroatoms. The highest BCUT2D eigenvalue weighted by molar-refractivity contribution is 5.98. The molecule has 0 aliphatic rings. The number of fused-ring (bicyclic) bond motifs is 1. The molecule has 1 aromatic carbocycles. The van der Waals surface area contributed by atoms with Gasteiger partial charge < -0.3 is 9.88 Å². The lowest BCUT2D eigenvalue weighted by atomic mass is 10.1. The minimum atomic E-state index is 0.0936. The summed E-state index contributed by atoms with van der Waals surface area (Å²) in [7, 11) is 0. The van der Waals surface area contributed by atoms with E-state index in [-0.39, 0.29) is 11.9 Å². The van der Waals surface area contributed by atoms with Crippen molar-refractivity contribution in [2.45, 2.75) is 46.6 Å². The zero-order valence-corrected chi connectivity index (χ0v) is 12.9. The second-order valence-corrected chi connectivity index (χ2v) is 5.31. The predicted molar refractivity (Wildman–Crippen MR) is 84.1 cm³/mol. The Labute approximate surface area is 121 Å². The number of nitrogens with one attached hydrogen (secondary N) is 1. The first-order valence-corrected chi connectivity index (χ1v) is 7.53. The molecule has 2 aromatic rings. The molecule has 3 nitrogen and oxygen atoms in total. The number of aromatic amines is 1. The number of rotatable bonds is 5. The van der Waals surface area contributed by atoms with Crippen molar-refractivity contribution in [1.29, 1.82) is 0 Å². The molecule has 0 saturated heterocycles. The molecule has 0 fully saturated rings. The zero-order valence-electron chi connectivity index (χ0n) is 12.9. The van der Waals surface area contributed by atoms with Crippen molar-refractivity contribution in [3.05, 3.63) is 35.5 Å². The average molecular weight is 272 g/mol. The van der Waals surface area contributed by atoms with Gasteiger partial charge in [-0.1, -0.05) is 26.0 Å². The van der Waals surface area contributed by atoms with Crippen LogP contribution in [-0.4, -0.2) is 28.4 Å². The maximum atomic E-state index is 12.6. The van der Waals surface area contributed by atoms with E-state index in [1.807, 2.05) is 17.9 Å². The summed E-state index contributed by atoms with van der Waals surface area (Å²) in [5.74, 6) is 0.0936. The van der Waals surface area contributed by atoms with Gasteiger partial charge in [0.2, 0.25) is 0 Å². The number of H-pyrrole nitrogens is 1. The third kappa shape index (κ3) is 2.72. The molecule has 0 aliphatic heterocycles. The van der Waals surface area contributed by atoms with Gasteiger partial charge in [-0.2, -0.15) is 0 Å². The standard InChI is InChI=1S/C17H24N2O/c1-5-12(4)19(7-3)17(20)16-11-14-9-8-13(6-2)10-15(14)18-16/h8-12,18H,5-7H2,1-4H3. The van der Waals surface area contributed by atoms with E-state index < -0.39 is 0 Å². The molecule has 1 amide bonds. The molecule has 1 aromatic heterocycles. The fraction of sp³-hybridized carbons (Fsp3) is 0.471. The van der Waals surface area contributed by atoms with Crippen LogP contribution in [0.3, 0.4) is 0 Å². The van der Waals surface area contributed by atoms with Gasteiger partial charge in [-0.05, 0) is 44.4 Å². The van der Waals surface area contributed by atoms with Gasteiger partial charge in [0, 0.05) is 23.5 Å². The molecule has 0 aliphatic carbocycles. The maximum absolute atomic E-state index is 12.6. The summed E-state index contributed by atoms with van der Waals surface area (Å²) >= 11 is 0.